The van der Waals surface area contributed by atoms with Gasteiger partial charge in [-0.05, 0) is 24.3 Å². The maximum atomic E-state index is 12.5. The minimum absolute atomic E-state index is 0.0568. The third-order valence-corrected chi connectivity index (χ3v) is 3.83. The lowest BCUT2D eigenvalue weighted by Crippen LogP contribution is -2.11. The molecule has 0 unspecified atom stereocenters. The highest BCUT2D eigenvalue weighted by Gasteiger charge is 2.16. The lowest BCUT2D eigenvalue weighted by atomic mass is 10.1. The van der Waals surface area contributed by atoms with E-state index >= 15 is 0 Å². The summed E-state index contributed by atoms with van der Waals surface area (Å²) in [4.78, 5) is 22.9. The minimum Gasteiger partial charge on any atom is -0.497 e. The number of nitrogens with one attached hydrogen (secondary N) is 1. The molecule has 3 rings (SSSR count). The highest BCUT2D eigenvalue weighted by Crippen LogP contribution is 2.30. The molecule has 8 heteroatoms. The lowest BCUT2D eigenvalue weighted by molar-refractivity contribution is -0.384. The zero-order valence-electron chi connectivity index (χ0n) is 14.6. The van der Waals surface area contributed by atoms with E-state index in [4.69, 9.17) is 13.9 Å². The zero-order valence-corrected chi connectivity index (χ0v) is 14.6. The Morgan fingerprint density at radius 1 is 1.07 bits per heavy atom. The average molecular weight is 368 g/mol. The minimum atomic E-state index is -0.491. The third-order valence-electron chi connectivity index (χ3n) is 3.83. The van der Waals surface area contributed by atoms with Gasteiger partial charge in [-0.1, -0.05) is 12.1 Å². The molecule has 1 amide bonds. The molecule has 0 aliphatic rings. The molecule has 1 heterocycles. The molecular formula is C19H16N2O6. The summed E-state index contributed by atoms with van der Waals surface area (Å²) in [6, 6.07) is 14.1. The van der Waals surface area contributed by atoms with Crippen molar-refractivity contribution in [1.29, 1.82) is 0 Å². The van der Waals surface area contributed by atoms with E-state index in [1.807, 2.05) is 0 Å². The van der Waals surface area contributed by atoms with Crippen LogP contribution in [0.5, 0.6) is 11.5 Å². The number of rotatable bonds is 6. The van der Waals surface area contributed by atoms with Gasteiger partial charge in [-0.3, -0.25) is 14.9 Å². The van der Waals surface area contributed by atoms with Gasteiger partial charge in [0.15, 0.2) is 5.76 Å². The molecule has 0 aliphatic heterocycles. The summed E-state index contributed by atoms with van der Waals surface area (Å²) in [6.07, 6.45) is 0. The van der Waals surface area contributed by atoms with Crippen molar-refractivity contribution in [1.82, 2.24) is 0 Å². The predicted molar refractivity (Wildman–Crippen MR) is 98.3 cm³/mol. The van der Waals surface area contributed by atoms with Crippen LogP contribution >= 0.6 is 0 Å². The van der Waals surface area contributed by atoms with Crippen molar-refractivity contribution in [2.45, 2.75) is 0 Å². The summed E-state index contributed by atoms with van der Waals surface area (Å²) in [5.41, 5.74) is 0.869. The molecular weight excluding hydrogens is 352 g/mol. The second-order valence-electron chi connectivity index (χ2n) is 5.49. The molecule has 0 bridgehead atoms. The Labute approximate surface area is 154 Å². The van der Waals surface area contributed by atoms with Gasteiger partial charge < -0.3 is 19.2 Å². The number of non-ortho nitro benzene ring substituents is 1. The Morgan fingerprint density at radius 3 is 2.59 bits per heavy atom. The van der Waals surface area contributed by atoms with Crippen molar-refractivity contribution >= 4 is 17.3 Å². The van der Waals surface area contributed by atoms with Crippen LogP contribution in [0.15, 0.2) is 59.0 Å². The molecule has 1 N–H and O–H groups in total. The Bertz CT molecular complexity index is 995. The van der Waals surface area contributed by atoms with Crippen LogP contribution in [0.4, 0.5) is 11.4 Å². The van der Waals surface area contributed by atoms with E-state index in [0.29, 0.717) is 28.5 Å². The van der Waals surface area contributed by atoms with E-state index in [2.05, 4.69) is 5.32 Å². The first-order valence-electron chi connectivity index (χ1n) is 7.90. The fraction of sp³-hybridized carbons (Fsp3) is 0.105. The molecule has 0 spiro atoms. The first kappa shape index (κ1) is 18.0. The summed E-state index contributed by atoms with van der Waals surface area (Å²) in [7, 11) is 3.01. The fourth-order valence-corrected chi connectivity index (χ4v) is 2.48. The van der Waals surface area contributed by atoms with Gasteiger partial charge in [0.25, 0.3) is 11.6 Å². The number of nitro groups is 1. The van der Waals surface area contributed by atoms with Crippen LogP contribution in [0.3, 0.4) is 0 Å². The van der Waals surface area contributed by atoms with Crippen molar-refractivity contribution in [3.8, 4) is 22.8 Å². The zero-order chi connectivity index (χ0) is 19.4. The summed E-state index contributed by atoms with van der Waals surface area (Å²) >= 11 is 0. The number of benzene rings is 2. The number of amides is 1. The fourth-order valence-electron chi connectivity index (χ4n) is 2.48. The van der Waals surface area contributed by atoms with E-state index in [-0.39, 0.29) is 11.4 Å². The predicted octanol–water partition coefficient (Wildman–Crippen LogP) is 4.12. The first-order chi connectivity index (χ1) is 13.0. The topological polar surface area (TPSA) is 104 Å². The summed E-state index contributed by atoms with van der Waals surface area (Å²) in [6.45, 7) is 0. The van der Waals surface area contributed by atoms with Crippen LogP contribution in [-0.4, -0.2) is 25.1 Å². The first-order valence-corrected chi connectivity index (χ1v) is 7.90. The van der Waals surface area contributed by atoms with Crippen molar-refractivity contribution in [3.63, 3.8) is 0 Å². The molecule has 3 aromatic rings. The number of nitro benzene ring substituents is 1. The Morgan fingerprint density at radius 2 is 1.89 bits per heavy atom. The molecule has 0 fully saturated rings. The largest absolute Gasteiger partial charge is 0.497 e. The van der Waals surface area contributed by atoms with Gasteiger partial charge in [0.05, 0.1) is 24.8 Å². The summed E-state index contributed by atoms with van der Waals surface area (Å²) in [5, 5.41) is 13.6. The van der Waals surface area contributed by atoms with Gasteiger partial charge in [0.1, 0.15) is 17.3 Å². The number of nitrogens with zero attached hydrogens (tertiary/aromatic N) is 1. The summed E-state index contributed by atoms with van der Waals surface area (Å²) in [5.74, 6) is 0.943. The van der Waals surface area contributed by atoms with Gasteiger partial charge in [0, 0.05) is 23.8 Å². The van der Waals surface area contributed by atoms with Crippen LogP contribution in [0.25, 0.3) is 11.3 Å². The van der Waals surface area contributed by atoms with E-state index in [1.54, 1.807) is 36.4 Å². The molecule has 0 saturated carbocycles. The van der Waals surface area contributed by atoms with E-state index in [9.17, 15) is 14.9 Å². The smallest absolute Gasteiger partial charge is 0.291 e. The molecule has 1 aromatic heterocycles. The van der Waals surface area contributed by atoms with Crippen LogP contribution in [0.1, 0.15) is 10.6 Å². The van der Waals surface area contributed by atoms with Crippen LogP contribution in [0.2, 0.25) is 0 Å². The van der Waals surface area contributed by atoms with Crippen molar-refractivity contribution < 1.29 is 23.6 Å². The lowest BCUT2D eigenvalue weighted by Gasteiger charge is -2.10. The number of carbonyl (C=O) groups is 1. The quantitative estimate of drug-likeness (QED) is 0.518. The molecule has 0 radical (unpaired) electrons. The van der Waals surface area contributed by atoms with Crippen molar-refractivity contribution in [2.75, 3.05) is 19.5 Å². The van der Waals surface area contributed by atoms with Crippen LogP contribution in [-0.2, 0) is 0 Å². The number of carbonyl (C=O) groups excluding carboxylic acids is 1. The number of hydrogen-bond donors (Lipinski definition) is 1. The molecule has 2 aromatic carbocycles. The third kappa shape index (κ3) is 3.90. The molecule has 8 nitrogen and oxygen atoms in total. The molecule has 0 aliphatic carbocycles. The van der Waals surface area contributed by atoms with Gasteiger partial charge >= 0.3 is 0 Å². The standard InChI is InChI=1S/C19H16N2O6/c1-25-14-6-7-17(26-2)15(11-14)20-19(22)18-9-8-16(27-18)12-4-3-5-13(10-12)21(23)24/h3-11H,1-2H3,(H,20,22). The summed E-state index contributed by atoms with van der Waals surface area (Å²) < 4.78 is 15.9. The average Bonchev–Trinajstić information content (AvgIpc) is 3.18. The number of furan rings is 1. The normalized spacial score (nSPS) is 10.3. The van der Waals surface area contributed by atoms with Crippen molar-refractivity contribution in [2.24, 2.45) is 0 Å². The van der Waals surface area contributed by atoms with Gasteiger partial charge in [0.2, 0.25) is 0 Å². The van der Waals surface area contributed by atoms with E-state index < -0.39 is 10.8 Å². The van der Waals surface area contributed by atoms with E-state index in [0.717, 1.165) is 0 Å². The second kappa shape index (κ2) is 7.61. The maximum Gasteiger partial charge on any atom is 0.291 e. The molecule has 0 atom stereocenters. The van der Waals surface area contributed by atoms with Gasteiger partial charge in [-0.2, -0.15) is 0 Å². The molecule has 27 heavy (non-hydrogen) atoms. The molecule has 138 valence electrons. The second-order valence-corrected chi connectivity index (χ2v) is 5.49. The maximum absolute atomic E-state index is 12.5. The highest BCUT2D eigenvalue weighted by atomic mass is 16.6. The van der Waals surface area contributed by atoms with Crippen LogP contribution in [0, 0.1) is 10.1 Å². The SMILES string of the molecule is COc1ccc(OC)c(NC(=O)c2ccc(-c3cccc([N+](=O)[O-])c3)o2)c1. The highest BCUT2D eigenvalue weighted by molar-refractivity contribution is 6.03. The van der Waals surface area contributed by atoms with E-state index in [1.165, 1.54) is 32.4 Å². The number of methoxy groups -OCH3 is 2. The Hall–Kier alpha value is -3.81. The Balaban J connectivity index is 1.84. The van der Waals surface area contributed by atoms with Crippen LogP contribution < -0.4 is 14.8 Å². The molecule has 0 saturated heterocycles. The monoisotopic (exact) mass is 368 g/mol. The number of anilines is 1. The van der Waals surface area contributed by atoms with Gasteiger partial charge in [-0.15, -0.1) is 0 Å². The number of hydrogen-bond acceptors (Lipinski definition) is 6. The Kier molecular flexibility index (Phi) is 5.07. The van der Waals surface area contributed by atoms with Crippen molar-refractivity contribution in [3.05, 3.63) is 70.5 Å². The number of ether oxygens (including phenoxy) is 2. The van der Waals surface area contributed by atoms with Gasteiger partial charge in [-0.25, -0.2) is 0 Å².